The molecule has 0 N–H and O–H groups in total. The van der Waals surface area contributed by atoms with E-state index in [1.807, 2.05) is 0 Å². The van der Waals surface area contributed by atoms with E-state index >= 15 is 0 Å². The summed E-state index contributed by atoms with van der Waals surface area (Å²) >= 11 is 11.7. The predicted octanol–water partition coefficient (Wildman–Crippen LogP) is 2.86. The second-order valence-corrected chi connectivity index (χ2v) is 7.66. The van der Waals surface area contributed by atoms with E-state index < -0.39 is 15.3 Å². The third kappa shape index (κ3) is 2.80. The maximum absolute atomic E-state index is 11.5. The van der Waals surface area contributed by atoms with Crippen molar-refractivity contribution in [3.8, 4) is 6.07 Å². The van der Waals surface area contributed by atoms with Gasteiger partial charge in [0.25, 0.3) is 0 Å². The molecule has 1 fully saturated rings. The molecule has 2 rings (SSSR count). The number of sulfone groups is 1. The smallest absolute Gasteiger partial charge is 0.151 e. The summed E-state index contributed by atoms with van der Waals surface area (Å²) in [5.41, 5.74) is 0.0127. The summed E-state index contributed by atoms with van der Waals surface area (Å²) in [6.07, 6.45) is 0.770. The van der Waals surface area contributed by atoms with Gasteiger partial charge >= 0.3 is 0 Å². The van der Waals surface area contributed by atoms with Gasteiger partial charge in [0.2, 0.25) is 0 Å². The Bertz CT molecular complexity index is 621. The fourth-order valence-electron chi connectivity index (χ4n) is 2.22. The zero-order valence-corrected chi connectivity index (χ0v) is 11.8. The van der Waals surface area contributed by atoms with Crippen LogP contribution in [0.15, 0.2) is 18.2 Å². The van der Waals surface area contributed by atoms with Gasteiger partial charge in [-0.3, -0.25) is 0 Å². The number of rotatable bonds is 2. The summed E-state index contributed by atoms with van der Waals surface area (Å²) < 4.78 is 23.0. The minimum absolute atomic E-state index is 0.0727. The first-order chi connectivity index (χ1) is 8.36. The summed E-state index contributed by atoms with van der Waals surface area (Å²) in [4.78, 5) is 0. The van der Waals surface area contributed by atoms with Gasteiger partial charge in [0.05, 0.1) is 33.0 Å². The second kappa shape index (κ2) is 4.73. The van der Waals surface area contributed by atoms with E-state index in [4.69, 9.17) is 23.2 Å². The van der Waals surface area contributed by atoms with Crippen molar-refractivity contribution < 1.29 is 8.42 Å². The van der Waals surface area contributed by atoms with Crippen LogP contribution >= 0.6 is 23.2 Å². The molecule has 6 heteroatoms. The highest BCUT2D eigenvalue weighted by Gasteiger charge is 2.42. The molecule has 0 aromatic heterocycles. The van der Waals surface area contributed by atoms with E-state index in [1.54, 1.807) is 18.2 Å². The van der Waals surface area contributed by atoms with Gasteiger partial charge in [0.1, 0.15) is 0 Å². The molecule has 1 heterocycles. The Hall–Kier alpha value is -0.760. The van der Waals surface area contributed by atoms with Crippen molar-refractivity contribution in [2.24, 2.45) is 5.41 Å². The average molecular weight is 304 g/mol. The Morgan fingerprint density at radius 2 is 2.06 bits per heavy atom. The van der Waals surface area contributed by atoms with Gasteiger partial charge in [0, 0.05) is 0 Å². The lowest BCUT2D eigenvalue weighted by atomic mass is 9.83. The first-order valence-corrected chi connectivity index (χ1v) is 7.99. The lowest BCUT2D eigenvalue weighted by Gasteiger charge is -2.18. The van der Waals surface area contributed by atoms with Crippen LogP contribution in [0, 0.1) is 16.7 Å². The highest BCUT2D eigenvalue weighted by atomic mass is 35.5. The van der Waals surface area contributed by atoms with Crippen molar-refractivity contribution in [3.05, 3.63) is 33.8 Å². The van der Waals surface area contributed by atoms with Crippen LogP contribution in [0.3, 0.4) is 0 Å². The van der Waals surface area contributed by atoms with Gasteiger partial charge in [-0.2, -0.15) is 5.26 Å². The summed E-state index contributed by atoms with van der Waals surface area (Å²) in [6, 6.07) is 7.29. The minimum atomic E-state index is -3.09. The standard InChI is InChI=1S/C12H11Cl2NO2S/c13-10-2-1-9(5-11(10)14)6-12(7-15)3-4-18(16,17)8-12/h1-2,5H,3-4,6,8H2. The highest BCUT2D eigenvalue weighted by Crippen LogP contribution is 2.36. The summed E-state index contributed by atoms with van der Waals surface area (Å²) in [7, 11) is -3.09. The fourth-order valence-corrected chi connectivity index (χ4v) is 4.54. The molecular formula is C12H11Cl2NO2S. The molecule has 3 nitrogen and oxygen atoms in total. The van der Waals surface area contributed by atoms with E-state index in [0.717, 1.165) is 5.56 Å². The molecule has 1 aromatic carbocycles. The van der Waals surface area contributed by atoms with Crippen molar-refractivity contribution in [3.63, 3.8) is 0 Å². The van der Waals surface area contributed by atoms with Gasteiger partial charge in [-0.15, -0.1) is 0 Å². The number of nitrogens with zero attached hydrogens (tertiary/aromatic N) is 1. The average Bonchev–Trinajstić information content (AvgIpc) is 2.60. The van der Waals surface area contributed by atoms with Gasteiger partial charge in [-0.1, -0.05) is 29.3 Å². The van der Waals surface area contributed by atoms with Crippen molar-refractivity contribution in [1.82, 2.24) is 0 Å². The maximum atomic E-state index is 11.5. The largest absolute Gasteiger partial charge is 0.229 e. The molecule has 1 unspecified atom stereocenters. The van der Waals surface area contributed by atoms with Crippen molar-refractivity contribution >= 4 is 33.0 Å². The Balaban J connectivity index is 2.27. The third-order valence-corrected chi connectivity index (χ3v) is 5.71. The summed E-state index contributed by atoms with van der Waals surface area (Å²) in [5, 5.41) is 10.1. The SMILES string of the molecule is N#CC1(Cc2ccc(Cl)c(Cl)c2)CCS(=O)(=O)C1. The van der Waals surface area contributed by atoms with Crippen LogP contribution in [0.2, 0.25) is 10.0 Å². The topological polar surface area (TPSA) is 57.9 Å². The van der Waals surface area contributed by atoms with Crippen LogP contribution in [-0.4, -0.2) is 19.9 Å². The lowest BCUT2D eigenvalue weighted by Crippen LogP contribution is -2.23. The molecule has 96 valence electrons. The first-order valence-electron chi connectivity index (χ1n) is 5.41. The highest BCUT2D eigenvalue weighted by molar-refractivity contribution is 7.91. The molecule has 18 heavy (non-hydrogen) atoms. The Morgan fingerprint density at radius 3 is 2.56 bits per heavy atom. The van der Waals surface area contributed by atoms with Crippen molar-refractivity contribution in [1.29, 1.82) is 5.26 Å². The number of benzene rings is 1. The van der Waals surface area contributed by atoms with E-state index in [2.05, 4.69) is 6.07 Å². The van der Waals surface area contributed by atoms with Crippen LogP contribution in [0.25, 0.3) is 0 Å². The quantitative estimate of drug-likeness (QED) is 0.844. The summed E-state index contributed by atoms with van der Waals surface area (Å²) in [6.45, 7) is 0. The monoisotopic (exact) mass is 303 g/mol. The molecule has 0 spiro atoms. The summed E-state index contributed by atoms with van der Waals surface area (Å²) in [5.74, 6) is 0.0125. The number of nitriles is 1. The fraction of sp³-hybridized carbons (Fsp3) is 0.417. The van der Waals surface area contributed by atoms with Crippen LogP contribution < -0.4 is 0 Å². The molecule has 0 amide bonds. The molecule has 0 bridgehead atoms. The molecule has 1 aliphatic rings. The molecule has 0 radical (unpaired) electrons. The van der Waals surface area contributed by atoms with Crippen molar-refractivity contribution in [2.45, 2.75) is 12.8 Å². The van der Waals surface area contributed by atoms with Crippen LogP contribution in [0.5, 0.6) is 0 Å². The number of halogens is 2. The van der Waals surface area contributed by atoms with Gasteiger partial charge in [0.15, 0.2) is 9.84 Å². The third-order valence-electron chi connectivity index (χ3n) is 3.15. The normalized spacial score (nSPS) is 25.8. The van der Waals surface area contributed by atoms with Gasteiger partial charge in [-0.25, -0.2) is 8.42 Å². The zero-order chi connectivity index (χ0) is 13.4. The minimum Gasteiger partial charge on any atom is -0.229 e. The van der Waals surface area contributed by atoms with Gasteiger partial charge < -0.3 is 0 Å². The van der Waals surface area contributed by atoms with E-state index in [-0.39, 0.29) is 11.5 Å². The van der Waals surface area contributed by atoms with Crippen LogP contribution in [-0.2, 0) is 16.3 Å². The molecule has 1 saturated heterocycles. The molecule has 0 aliphatic carbocycles. The molecule has 1 atom stereocenters. The molecule has 0 saturated carbocycles. The first kappa shape index (κ1) is 13.7. The second-order valence-electron chi connectivity index (χ2n) is 4.66. The Morgan fingerprint density at radius 1 is 1.33 bits per heavy atom. The molecular weight excluding hydrogens is 293 g/mol. The molecule has 1 aromatic rings. The van der Waals surface area contributed by atoms with E-state index in [0.29, 0.717) is 22.9 Å². The Kier molecular flexibility index (Phi) is 3.59. The van der Waals surface area contributed by atoms with Gasteiger partial charge in [-0.05, 0) is 30.5 Å². The van der Waals surface area contributed by atoms with E-state index in [1.165, 1.54) is 0 Å². The number of hydrogen-bond donors (Lipinski definition) is 0. The lowest BCUT2D eigenvalue weighted by molar-refractivity contribution is 0.451. The van der Waals surface area contributed by atoms with Crippen LogP contribution in [0.4, 0.5) is 0 Å². The maximum Gasteiger partial charge on any atom is 0.151 e. The zero-order valence-electron chi connectivity index (χ0n) is 9.49. The van der Waals surface area contributed by atoms with E-state index in [9.17, 15) is 13.7 Å². The Labute approximate surface area is 116 Å². The number of hydrogen-bond acceptors (Lipinski definition) is 3. The predicted molar refractivity (Wildman–Crippen MR) is 71.5 cm³/mol. The molecule has 1 aliphatic heterocycles. The van der Waals surface area contributed by atoms with Crippen LogP contribution in [0.1, 0.15) is 12.0 Å². The van der Waals surface area contributed by atoms with Crippen molar-refractivity contribution in [2.75, 3.05) is 11.5 Å².